The van der Waals surface area contributed by atoms with E-state index < -0.39 is 41.1 Å². The van der Waals surface area contributed by atoms with E-state index in [1.54, 1.807) is 30.3 Å². The lowest BCUT2D eigenvalue weighted by Gasteiger charge is -2.30. The van der Waals surface area contributed by atoms with Gasteiger partial charge in [0.25, 0.3) is 0 Å². The predicted octanol–water partition coefficient (Wildman–Crippen LogP) is 4.62. The highest BCUT2D eigenvalue weighted by Gasteiger charge is 2.35. The van der Waals surface area contributed by atoms with E-state index in [1.165, 1.54) is 24.1 Å². The molecule has 0 bridgehead atoms. The van der Waals surface area contributed by atoms with Crippen LogP contribution in [-0.2, 0) is 0 Å². The number of nitrogens with zero attached hydrogens (tertiary/aromatic N) is 5. The van der Waals surface area contributed by atoms with Gasteiger partial charge in [-0.3, -0.25) is 4.90 Å². The molecule has 1 saturated carbocycles. The first-order valence-electron chi connectivity index (χ1n) is 12.3. The largest absolute Gasteiger partial charge is 0.496 e. The number of aromatic carboxylic acids is 1. The summed E-state index contributed by atoms with van der Waals surface area (Å²) in [6.45, 7) is 0. The van der Waals surface area contributed by atoms with Gasteiger partial charge in [0, 0.05) is 12.1 Å². The summed E-state index contributed by atoms with van der Waals surface area (Å²) in [5, 5.41) is 17.0. The van der Waals surface area contributed by atoms with E-state index in [0.29, 0.717) is 28.0 Å². The second kappa shape index (κ2) is 11.0. The maximum Gasteiger partial charge on any atom is 0.377 e. The molecular formula is C27H23F2N5O6. The van der Waals surface area contributed by atoms with Gasteiger partial charge in [-0.25, -0.2) is 23.2 Å². The molecular weight excluding hydrogens is 528 g/mol. The Hall–Kier alpha value is -5.07. The highest BCUT2D eigenvalue weighted by molar-refractivity contribution is 5.99. The first kappa shape index (κ1) is 26.5. The minimum atomic E-state index is -1.32. The molecule has 1 aromatic heterocycles. The van der Waals surface area contributed by atoms with Gasteiger partial charge in [-0.15, -0.1) is 4.68 Å². The molecule has 40 heavy (non-hydrogen) atoms. The average molecular weight is 552 g/mol. The number of halogens is 2. The number of aromatic nitrogens is 4. The Labute approximate surface area is 225 Å². The molecule has 1 amide bonds. The van der Waals surface area contributed by atoms with Crippen molar-refractivity contribution in [2.75, 3.05) is 12.0 Å². The second-order valence-corrected chi connectivity index (χ2v) is 8.99. The Morgan fingerprint density at radius 1 is 0.975 bits per heavy atom. The van der Waals surface area contributed by atoms with Gasteiger partial charge >= 0.3 is 17.7 Å². The zero-order chi connectivity index (χ0) is 28.4. The molecule has 0 spiro atoms. The number of anilines is 1. The number of carbonyl (C=O) groups excluding carboxylic acids is 1. The van der Waals surface area contributed by atoms with Crippen molar-refractivity contribution in [3.8, 4) is 22.9 Å². The Bertz CT molecular complexity index is 1610. The van der Waals surface area contributed by atoms with E-state index in [0.717, 1.165) is 31.0 Å². The highest BCUT2D eigenvalue weighted by atomic mass is 19.1. The maximum absolute atomic E-state index is 14.4. The SMILES string of the molecule is COc1cc(Oc2ccccc2)c(N(C(=O)n2nnn(-c3c(F)cccc3F)c2=O)C2CCCC2)cc1C(=O)O. The maximum atomic E-state index is 14.4. The Morgan fingerprint density at radius 2 is 1.65 bits per heavy atom. The van der Waals surface area contributed by atoms with Crippen LogP contribution >= 0.6 is 0 Å². The van der Waals surface area contributed by atoms with Gasteiger partial charge in [-0.05, 0) is 53.6 Å². The standard InChI is InChI=1S/C27H23F2N5O6/c1-39-22-15-23(40-17-10-3-2-4-11-17)21(14-18(22)25(35)36)32(16-8-5-6-9-16)26(37)34-27(38)33(30-31-34)24-19(28)12-7-13-20(24)29/h2-4,7,10-16H,5-6,8-9H2,1H3,(H,35,36). The summed E-state index contributed by atoms with van der Waals surface area (Å²) >= 11 is 0. The molecule has 4 aromatic rings. The van der Waals surface area contributed by atoms with Gasteiger partial charge in [0.1, 0.15) is 22.7 Å². The van der Waals surface area contributed by atoms with Crippen LogP contribution < -0.4 is 20.1 Å². The topological polar surface area (TPSA) is 129 Å². The van der Waals surface area contributed by atoms with Crippen LogP contribution in [0.4, 0.5) is 19.3 Å². The van der Waals surface area contributed by atoms with Gasteiger partial charge in [0.15, 0.2) is 17.4 Å². The number of amides is 1. The van der Waals surface area contributed by atoms with Gasteiger partial charge in [0.05, 0.1) is 12.8 Å². The number of carbonyl (C=O) groups is 2. The van der Waals surface area contributed by atoms with Crippen LogP contribution in [0.15, 0.2) is 65.5 Å². The lowest BCUT2D eigenvalue weighted by Crippen LogP contribution is -2.46. The molecule has 1 aliphatic carbocycles. The molecule has 3 aromatic carbocycles. The quantitative estimate of drug-likeness (QED) is 0.330. The first-order valence-corrected chi connectivity index (χ1v) is 12.3. The van der Waals surface area contributed by atoms with Crippen LogP contribution in [0.25, 0.3) is 5.69 Å². The van der Waals surface area contributed by atoms with Crippen molar-refractivity contribution < 1.29 is 33.0 Å². The fraction of sp³-hybridized carbons (Fsp3) is 0.222. The van der Waals surface area contributed by atoms with E-state index in [1.807, 2.05) is 0 Å². The van der Waals surface area contributed by atoms with Crippen LogP contribution in [0.2, 0.25) is 0 Å². The third kappa shape index (κ3) is 4.88. The number of rotatable bonds is 7. The molecule has 1 heterocycles. The summed E-state index contributed by atoms with van der Waals surface area (Å²) in [7, 11) is 1.30. The molecule has 1 fully saturated rings. The van der Waals surface area contributed by atoms with Crippen LogP contribution in [-0.4, -0.2) is 50.0 Å². The van der Waals surface area contributed by atoms with Crippen molar-refractivity contribution >= 4 is 17.7 Å². The Morgan fingerprint density at radius 3 is 2.27 bits per heavy atom. The summed E-state index contributed by atoms with van der Waals surface area (Å²) in [5.41, 5.74) is -2.21. The molecule has 0 aliphatic heterocycles. The minimum Gasteiger partial charge on any atom is -0.496 e. The molecule has 1 aliphatic rings. The number of hydrogen-bond acceptors (Lipinski definition) is 7. The van der Waals surface area contributed by atoms with Crippen LogP contribution in [0.1, 0.15) is 36.0 Å². The van der Waals surface area contributed by atoms with Gasteiger partial charge < -0.3 is 14.6 Å². The molecule has 0 saturated heterocycles. The Kier molecular flexibility index (Phi) is 7.27. The number of methoxy groups -OCH3 is 1. The highest BCUT2D eigenvalue weighted by Crippen LogP contribution is 2.41. The van der Waals surface area contributed by atoms with E-state index in [-0.39, 0.29) is 22.7 Å². The van der Waals surface area contributed by atoms with E-state index in [2.05, 4.69) is 10.4 Å². The molecule has 0 unspecified atom stereocenters. The fourth-order valence-corrected chi connectivity index (χ4v) is 4.69. The normalized spacial score (nSPS) is 13.3. The van der Waals surface area contributed by atoms with Crippen molar-refractivity contribution in [2.45, 2.75) is 31.7 Å². The number of tetrazole rings is 1. The van der Waals surface area contributed by atoms with Crippen molar-refractivity contribution in [1.82, 2.24) is 19.8 Å². The van der Waals surface area contributed by atoms with Crippen molar-refractivity contribution in [3.05, 3.63) is 88.3 Å². The molecule has 11 nitrogen and oxygen atoms in total. The van der Waals surface area contributed by atoms with Crippen LogP contribution in [0.3, 0.4) is 0 Å². The summed E-state index contributed by atoms with van der Waals surface area (Å²) in [6, 6.07) is 12.7. The number of ether oxygens (including phenoxy) is 2. The summed E-state index contributed by atoms with van der Waals surface area (Å²) in [5.74, 6) is -3.01. The lowest BCUT2D eigenvalue weighted by atomic mass is 10.1. The number of carboxylic acid groups (broad SMARTS) is 1. The van der Waals surface area contributed by atoms with E-state index in [9.17, 15) is 28.3 Å². The van der Waals surface area contributed by atoms with Gasteiger partial charge in [0.2, 0.25) is 0 Å². The number of carboxylic acids is 1. The first-order chi connectivity index (χ1) is 19.3. The van der Waals surface area contributed by atoms with E-state index in [4.69, 9.17) is 9.47 Å². The number of para-hydroxylation sites is 2. The summed E-state index contributed by atoms with van der Waals surface area (Å²) in [6.07, 6.45) is 2.62. The zero-order valence-electron chi connectivity index (χ0n) is 21.2. The van der Waals surface area contributed by atoms with Crippen molar-refractivity contribution in [2.24, 2.45) is 0 Å². The molecule has 1 N–H and O–H groups in total. The minimum absolute atomic E-state index is 0.0147. The third-order valence-electron chi connectivity index (χ3n) is 6.55. The third-order valence-corrected chi connectivity index (χ3v) is 6.55. The average Bonchev–Trinajstić information content (AvgIpc) is 3.60. The second-order valence-electron chi connectivity index (χ2n) is 8.99. The van der Waals surface area contributed by atoms with E-state index >= 15 is 0 Å². The molecule has 13 heteroatoms. The zero-order valence-corrected chi connectivity index (χ0v) is 21.2. The van der Waals surface area contributed by atoms with Crippen molar-refractivity contribution in [3.63, 3.8) is 0 Å². The summed E-state index contributed by atoms with van der Waals surface area (Å²) < 4.78 is 40.8. The molecule has 5 rings (SSSR count). The lowest BCUT2D eigenvalue weighted by molar-refractivity contribution is 0.0693. The molecule has 0 radical (unpaired) electrons. The van der Waals surface area contributed by atoms with Crippen LogP contribution in [0.5, 0.6) is 17.2 Å². The number of benzene rings is 3. The molecule has 206 valence electrons. The monoisotopic (exact) mass is 551 g/mol. The fourth-order valence-electron chi connectivity index (χ4n) is 4.69. The smallest absolute Gasteiger partial charge is 0.377 e. The van der Waals surface area contributed by atoms with Gasteiger partial charge in [-0.2, -0.15) is 4.68 Å². The number of hydrogen-bond donors (Lipinski definition) is 1. The van der Waals surface area contributed by atoms with Crippen molar-refractivity contribution in [1.29, 1.82) is 0 Å². The molecule has 0 atom stereocenters. The van der Waals surface area contributed by atoms with Crippen LogP contribution in [0, 0.1) is 11.6 Å². The Balaban J connectivity index is 1.67. The predicted molar refractivity (Wildman–Crippen MR) is 138 cm³/mol. The van der Waals surface area contributed by atoms with Gasteiger partial charge in [-0.1, -0.05) is 37.1 Å². The summed E-state index contributed by atoms with van der Waals surface area (Å²) in [4.78, 5) is 40.5.